The van der Waals surface area contributed by atoms with Crippen LogP contribution < -0.4 is 10.5 Å². The summed E-state index contributed by atoms with van der Waals surface area (Å²) in [7, 11) is -3.94. The second-order valence-corrected chi connectivity index (χ2v) is 5.92. The van der Waals surface area contributed by atoms with Crippen molar-refractivity contribution in [2.45, 2.75) is 24.3 Å². The van der Waals surface area contributed by atoms with Gasteiger partial charge in [0.05, 0.1) is 9.95 Å². The Kier molecular flexibility index (Phi) is 5.24. The lowest BCUT2D eigenvalue weighted by molar-refractivity contribution is -0.385. The first-order chi connectivity index (χ1) is 8.81. The highest BCUT2D eigenvalue weighted by atomic mass is 35.5. The first-order valence-corrected chi connectivity index (χ1v) is 7.34. The molecule has 0 saturated carbocycles. The molecule has 106 valence electrons. The number of nitrogens with zero attached hydrogens (tertiary/aromatic N) is 1. The summed E-state index contributed by atoms with van der Waals surface area (Å²) in [5.41, 5.74) is 5.07. The molecule has 0 fully saturated rings. The molecule has 1 aromatic rings. The van der Waals surface area contributed by atoms with Gasteiger partial charge in [-0.3, -0.25) is 10.1 Å². The molecule has 0 amide bonds. The van der Waals surface area contributed by atoms with E-state index in [1.165, 1.54) is 6.07 Å². The molecule has 0 aliphatic heterocycles. The minimum Gasteiger partial charge on any atom is -0.329 e. The predicted octanol–water partition coefficient (Wildman–Crippen LogP) is 1.26. The normalized spacial score (nSPS) is 13.2. The monoisotopic (exact) mass is 307 g/mol. The zero-order chi connectivity index (χ0) is 14.6. The molecule has 1 unspecified atom stereocenters. The summed E-state index contributed by atoms with van der Waals surface area (Å²) in [5, 5.41) is 10.6. The van der Waals surface area contributed by atoms with Crippen molar-refractivity contribution >= 4 is 27.3 Å². The van der Waals surface area contributed by atoms with E-state index in [1.807, 2.05) is 0 Å². The molecule has 0 bridgehead atoms. The molecule has 9 heteroatoms. The molecule has 0 radical (unpaired) electrons. The summed E-state index contributed by atoms with van der Waals surface area (Å²) in [6.07, 6.45) is 0.502. The molecule has 1 aromatic carbocycles. The van der Waals surface area contributed by atoms with Crippen molar-refractivity contribution in [3.8, 4) is 0 Å². The Morgan fingerprint density at radius 3 is 2.63 bits per heavy atom. The van der Waals surface area contributed by atoms with Crippen LogP contribution in [0.4, 0.5) is 5.69 Å². The van der Waals surface area contributed by atoms with Crippen LogP contribution >= 0.6 is 11.6 Å². The number of sulfonamides is 1. The van der Waals surface area contributed by atoms with Crippen molar-refractivity contribution in [3.63, 3.8) is 0 Å². The van der Waals surface area contributed by atoms with Crippen LogP contribution in [-0.2, 0) is 10.0 Å². The van der Waals surface area contributed by atoms with E-state index in [-0.39, 0.29) is 22.2 Å². The lowest BCUT2D eigenvalue weighted by Crippen LogP contribution is -2.39. The van der Waals surface area contributed by atoms with E-state index in [0.29, 0.717) is 6.42 Å². The summed E-state index contributed by atoms with van der Waals surface area (Å²) in [6, 6.07) is 2.80. The Morgan fingerprint density at radius 2 is 2.16 bits per heavy atom. The van der Waals surface area contributed by atoms with Gasteiger partial charge in [-0.05, 0) is 12.5 Å². The van der Waals surface area contributed by atoms with Crippen LogP contribution in [-0.4, -0.2) is 25.9 Å². The van der Waals surface area contributed by atoms with Gasteiger partial charge in [-0.25, -0.2) is 13.1 Å². The maximum atomic E-state index is 12.1. The van der Waals surface area contributed by atoms with E-state index in [2.05, 4.69) is 4.72 Å². The molecular weight excluding hydrogens is 294 g/mol. The zero-order valence-electron chi connectivity index (χ0n) is 10.2. The van der Waals surface area contributed by atoms with Gasteiger partial charge in [0.15, 0.2) is 0 Å². The van der Waals surface area contributed by atoms with E-state index in [0.717, 1.165) is 12.1 Å². The quantitative estimate of drug-likeness (QED) is 0.606. The highest BCUT2D eigenvalue weighted by Gasteiger charge is 2.23. The van der Waals surface area contributed by atoms with Crippen molar-refractivity contribution in [2.75, 3.05) is 6.54 Å². The lowest BCUT2D eigenvalue weighted by Gasteiger charge is -2.15. The van der Waals surface area contributed by atoms with Gasteiger partial charge in [-0.15, -0.1) is 0 Å². The minimum atomic E-state index is -3.94. The maximum absolute atomic E-state index is 12.1. The summed E-state index contributed by atoms with van der Waals surface area (Å²) in [5.74, 6) is 0. The number of hydrogen-bond donors (Lipinski definition) is 2. The molecule has 0 aromatic heterocycles. The summed E-state index contributed by atoms with van der Waals surface area (Å²) < 4.78 is 26.5. The first kappa shape index (κ1) is 15.8. The second kappa shape index (κ2) is 6.29. The van der Waals surface area contributed by atoms with Gasteiger partial charge >= 0.3 is 0 Å². The number of halogens is 1. The summed E-state index contributed by atoms with van der Waals surface area (Å²) in [4.78, 5) is 9.64. The van der Waals surface area contributed by atoms with Crippen LogP contribution in [0.3, 0.4) is 0 Å². The predicted molar refractivity (Wildman–Crippen MR) is 71.6 cm³/mol. The largest absolute Gasteiger partial charge is 0.329 e. The van der Waals surface area contributed by atoms with Crippen LogP contribution in [0.2, 0.25) is 5.02 Å². The number of rotatable bonds is 6. The van der Waals surface area contributed by atoms with Crippen LogP contribution in [0.15, 0.2) is 23.1 Å². The second-order valence-electron chi connectivity index (χ2n) is 3.83. The molecule has 0 heterocycles. The smallest absolute Gasteiger partial charge is 0.270 e. The molecule has 3 N–H and O–H groups in total. The third-order valence-electron chi connectivity index (χ3n) is 2.51. The Bertz CT molecular complexity index is 572. The number of nitro groups is 1. The molecule has 0 spiro atoms. The molecule has 1 atom stereocenters. The van der Waals surface area contributed by atoms with Gasteiger partial charge in [-0.1, -0.05) is 18.5 Å². The van der Waals surface area contributed by atoms with Gasteiger partial charge in [0.1, 0.15) is 4.90 Å². The highest BCUT2D eigenvalue weighted by Crippen LogP contribution is 2.26. The van der Waals surface area contributed by atoms with Crippen LogP contribution in [0, 0.1) is 10.1 Å². The zero-order valence-corrected chi connectivity index (χ0v) is 11.7. The first-order valence-electron chi connectivity index (χ1n) is 5.48. The van der Waals surface area contributed by atoms with Gasteiger partial charge < -0.3 is 5.73 Å². The fraction of sp³-hybridized carbons (Fsp3) is 0.400. The summed E-state index contributed by atoms with van der Waals surface area (Å²) >= 11 is 5.78. The van der Waals surface area contributed by atoms with Gasteiger partial charge in [0.25, 0.3) is 5.69 Å². The van der Waals surface area contributed by atoms with Gasteiger partial charge in [0, 0.05) is 24.7 Å². The molecule has 7 nitrogen and oxygen atoms in total. The number of hydrogen-bond acceptors (Lipinski definition) is 5. The SMILES string of the molecule is CCC(CN)NS(=O)(=O)c1cc([N+](=O)[O-])ccc1Cl. The van der Waals surface area contributed by atoms with E-state index in [9.17, 15) is 18.5 Å². The Morgan fingerprint density at radius 1 is 1.53 bits per heavy atom. The van der Waals surface area contributed by atoms with Crippen molar-refractivity contribution < 1.29 is 13.3 Å². The molecular formula is C10H14ClN3O4S. The van der Waals surface area contributed by atoms with Crippen molar-refractivity contribution in [2.24, 2.45) is 5.73 Å². The number of non-ortho nitro benzene ring substituents is 1. The minimum absolute atomic E-state index is 0.0787. The maximum Gasteiger partial charge on any atom is 0.270 e. The van der Waals surface area contributed by atoms with E-state index in [4.69, 9.17) is 17.3 Å². The Hall–Kier alpha value is -1.22. The van der Waals surface area contributed by atoms with Crippen molar-refractivity contribution in [1.82, 2.24) is 4.72 Å². The van der Waals surface area contributed by atoms with Crippen LogP contribution in [0.1, 0.15) is 13.3 Å². The number of nitrogens with one attached hydrogen (secondary N) is 1. The standard InChI is InChI=1S/C10H14ClN3O4S/c1-2-7(6-12)13-19(17,18)10-5-8(14(15)16)3-4-9(10)11/h3-5,7,13H,2,6,12H2,1H3. The van der Waals surface area contributed by atoms with Crippen molar-refractivity contribution in [1.29, 1.82) is 0 Å². The van der Waals surface area contributed by atoms with Crippen LogP contribution in [0.5, 0.6) is 0 Å². The van der Waals surface area contributed by atoms with Crippen LogP contribution in [0.25, 0.3) is 0 Å². The molecule has 0 aliphatic rings. The number of benzene rings is 1. The van der Waals surface area contributed by atoms with E-state index < -0.39 is 21.0 Å². The fourth-order valence-corrected chi connectivity index (χ4v) is 3.24. The lowest BCUT2D eigenvalue weighted by atomic mass is 10.2. The summed E-state index contributed by atoms with van der Waals surface area (Å²) in [6.45, 7) is 1.90. The van der Waals surface area contributed by atoms with Gasteiger partial charge in [0.2, 0.25) is 10.0 Å². The molecule has 0 aliphatic carbocycles. The van der Waals surface area contributed by atoms with Gasteiger partial charge in [-0.2, -0.15) is 0 Å². The molecule has 0 saturated heterocycles. The average molecular weight is 308 g/mol. The Balaban J connectivity index is 3.20. The van der Waals surface area contributed by atoms with Crippen molar-refractivity contribution in [3.05, 3.63) is 33.3 Å². The van der Waals surface area contributed by atoms with E-state index in [1.54, 1.807) is 6.92 Å². The fourth-order valence-electron chi connectivity index (χ4n) is 1.39. The number of nitrogens with two attached hydrogens (primary N) is 1. The third kappa shape index (κ3) is 3.87. The third-order valence-corrected chi connectivity index (χ3v) is 4.52. The number of nitro benzene ring substituents is 1. The topological polar surface area (TPSA) is 115 Å². The van der Waals surface area contributed by atoms with E-state index >= 15 is 0 Å². The molecule has 19 heavy (non-hydrogen) atoms. The Labute approximate surface area is 115 Å². The average Bonchev–Trinajstić information content (AvgIpc) is 2.35. The highest BCUT2D eigenvalue weighted by molar-refractivity contribution is 7.89. The molecule has 1 rings (SSSR count).